The number of benzene rings is 1. The van der Waals surface area contributed by atoms with Crippen LogP contribution in [-0.4, -0.2) is 29.1 Å². The third kappa shape index (κ3) is 2.04. The smallest absolute Gasteiger partial charge is 0.148 e. The van der Waals surface area contributed by atoms with Crippen LogP contribution in [0.15, 0.2) is 30.5 Å². The van der Waals surface area contributed by atoms with Crippen molar-refractivity contribution in [2.24, 2.45) is 5.73 Å². The Bertz CT molecular complexity index is 540. The van der Waals surface area contributed by atoms with E-state index >= 15 is 0 Å². The molecule has 1 aromatic heterocycles. The van der Waals surface area contributed by atoms with Crippen molar-refractivity contribution in [3.05, 3.63) is 30.5 Å². The average molecular weight is 242 g/mol. The Morgan fingerprint density at radius 1 is 1.22 bits per heavy atom. The first-order valence-electron chi connectivity index (χ1n) is 6.57. The molecule has 1 aliphatic rings. The Kier molecular flexibility index (Phi) is 3.11. The zero-order valence-electron chi connectivity index (χ0n) is 10.4. The van der Waals surface area contributed by atoms with Gasteiger partial charge in [-0.25, -0.2) is 4.98 Å². The van der Waals surface area contributed by atoms with Crippen molar-refractivity contribution in [3.63, 3.8) is 0 Å². The van der Waals surface area contributed by atoms with Gasteiger partial charge in [-0.15, -0.1) is 0 Å². The van der Waals surface area contributed by atoms with Gasteiger partial charge in [0.15, 0.2) is 0 Å². The van der Waals surface area contributed by atoms with Crippen molar-refractivity contribution >= 4 is 16.9 Å². The summed E-state index contributed by atoms with van der Waals surface area (Å²) < 4.78 is 0. The minimum Gasteiger partial charge on any atom is -0.351 e. The first-order valence-corrected chi connectivity index (χ1v) is 6.57. The van der Waals surface area contributed by atoms with Gasteiger partial charge < -0.3 is 10.6 Å². The van der Waals surface area contributed by atoms with Crippen LogP contribution < -0.4 is 10.6 Å². The molecule has 1 atom stereocenters. The van der Waals surface area contributed by atoms with Gasteiger partial charge in [-0.2, -0.15) is 0 Å². The minimum atomic E-state index is 0.411. The highest BCUT2D eigenvalue weighted by Gasteiger charge is 2.22. The second-order valence-electron chi connectivity index (χ2n) is 4.80. The quantitative estimate of drug-likeness (QED) is 0.874. The zero-order chi connectivity index (χ0) is 12.4. The molecule has 2 N–H and O–H groups in total. The van der Waals surface area contributed by atoms with Crippen LogP contribution in [0.1, 0.15) is 19.3 Å². The molecule has 0 radical (unpaired) electrons. The molecule has 1 fully saturated rings. The first-order chi connectivity index (χ1) is 8.88. The first kappa shape index (κ1) is 11.4. The lowest BCUT2D eigenvalue weighted by atomic mass is 10.0. The van der Waals surface area contributed by atoms with Gasteiger partial charge in [0, 0.05) is 19.1 Å². The fourth-order valence-electron chi connectivity index (χ4n) is 2.63. The highest BCUT2D eigenvalue weighted by Crippen LogP contribution is 2.23. The number of hydrogen-bond donors (Lipinski definition) is 1. The van der Waals surface area contributed by atoms with E-state index in [9.17, 15) is 0 Å². The topological polar surface area (TPSA) is 55.0 Å². The fourth-order valence-corrected chi connectivity index (χ4v) is 2.63. The maximum atomic E-state index is 5.85. The summed E-state index contributed by atoms with van der Waals surface area (Å²) in [5.41, 5.74) is 7.76. The van der Waals surface area contributed by atoms with E-state index in [1.807, 2.05) is 30.5 Å². The standard InChI is InChI=1S/C14H18N4/c15-9-11-5-3-4-8-18(11)14-10-16-12-6-1-2-7-13(12)17-14/h1-2,6-7,10-11H,3-5,8-9,15H2/t11-/m1/s1. The van der Waals surface area contributed by atoms with Crippen LogP contribution in [-0.2, 0) is 0 Å². The van der Waals surface area contributed by atoms with Gasteiger partial charge in [0.1, 0.15) is 5.82 Å². The summed E-state index contributed by atoms with van der Waals surface area (Å²) in [5, 5.41) is 0. The molecule has 1 aliphatic heterocycles. The van der Waals surface area contributed by atoms with Crippen LogP contribution in [0.3, 0.4) is 0 Å². The van der Waals surface area contributed by atoms with Gasteiger partial charge in [-0.1, -0.05) is 12.1 Å². The lowest BCUT2D eigenvalue weighted by Crippen LogP contribution is -2.44. The van der Waals surface area contributed by atoms with Gasteiger partial charge in [-0.3, -0.25) is 4.98 Å². The van der Waals surface area contributed by atoms with Crippen LogP contribution in [0.2, 0.25) is 0 Å². The van der Waals surface area contributed by atoms with E-state index in [1.54, 1.807) is 0 Å². The molecule has 0 saturated carbocycles. The van der Waals surface area contributed by atoms with E-state index in [2.05, 4.69) is 9.88 Å². The molecule has 18 heavy (non-hydrogen) atoms. The monoisotopic (exact) mass is 242 g/mol. The second kappa shape index (κ2) is 4.90. The maximum absolute atomic E-state index is 5.85. The Labute approximate surface area is 107 Å². The van der Waals surface area contributed by atoms with Crippen LogP contribution in [0.5, 0.6) is 0 Å². The predicted octanol–water partition coefficient (Wildman–Crippen LogP) is 1.95. The SMILES string of the molecule is NC[C@H]1CCCCN1c1cnc2ccccc2n1. The lowest BCUT2D eigenvalue weighted by molar-refractivity contribution is 0.462. The van der Waals surface area contributed by atoms with Gasteiger partial charge in [0.05, 0.1) is 17.2 Å². The summed E-state index contributed by atoms with van der Waals surface area (Å²) in [4.78, 5) is 11.5. The van der Waals surface area contributed by atoms with E-state index < -0.39 is 0 Å². The number of para-hydroxylation sites is 2. The van der Waals surface area contributed by atoms with E-state index in [0.29, 0.717) is 12.6 Å². The molecule has 1 aromatic carbocycles. The molecule has 0 amide bonds. The van der Waals surface area contributed by atoms with Crippen LogP contribution >= 0.6 is 0 Å². The highest BCUT2D eigenvalue weighted by molar-refractivity contribution is 5.75. The molecule has 2 aromatic rings. The third-order valence-electron chi connectivity index (χ3n) is 3.63. The van der Waals surface area contributed by atoms with Gasteiger partial charge in [0.25, 0.3) is 0 Å². The number of piperidine rings is 1. The Morgan fingerprint density at radius 3 is 2.89 bits per heavy atom. The van der Waals surface area contributed by atoms with Crippen molar-refractivity contribution in [1.29, 1.82) is 0 Å². The summed E-state index contributed by atoms with van der Waals surface area (Å²) in [5.74, 6) is 0.962. The molecular weight excluding hydrogens is 224 g/mol. The predicted molar refractivity (Wildman–Crippen MR) is 73.6 cm³/mol. The van der Waals surface area contributed by atoms with Gasteiger partial charge in [0.2, 0.25) is 0 Å². The van der Waals surface area contributed by atoms with E-state index in [4.69, 9.17) is 10.7 Å². The van der Waals surface area contributed by atoms with Crippen molar-refractivity contribution in [1.82, 2.24) is 9.97 Å². The zero-order valence-corrected chi connectivity index (χ0v) is 10.4. The van der Waals surface area contributed by atoms with E-state index in [-0.39, 0.29) is 0 Å². The molecule has 0 spiro atoms. The Hall–Kier alpha value is -1.68. The minimum absolute atomic E-state index is 0.411. The number of aromatic nitrogens is 2. The fraction of sp³-hybridized carbons (Fsp3) is 0.429. The molecule has 1 saturated heterocycles. The maximum Gasteiger partial charge on any atom is 0.148 e. The average Bonchev–Trinajstić information content (AvgIpc) is 2.46. The molecule has 0 aliphatic carbocycles. The van der Waals surface area contributed by atoms with E-state index in [1.165, 1.54) is 12.8 Å². The summed E-state index contributed by atoms with van der Waals surface area (Å²) in [6.45, 7) is 1.73. The Balaban J connectivity index is 1.97. The summed E-state index contributed by atoms with van der Waals surface area (Å²) in [6, 6.07) is 8.39. The van der Waals surface area contributed by atoms with Crippen molar-refractivity contribution < 1.29 is 0 Å². The number of rotatable bonds is 2. The van der Waals surface area contributed by atoms with Crippen LogP contribution in [0, 0.1) is 0 Å². The molecule has 0 unspecified atom stereocenters. The molecule has 4 heteroatoms. The lowest BCUT2D eigenvalue weighted by Gasteiger charge is -2.35. The van der Waals surface area contributed by atoms with Crippen molar-refractivity contribution in [2.75, 3.05) is 18.0 Å². The third-order valence-corrected chi connectivity index (χ3v) is 3.63. The largest absolute Gasteiger partial charge is 0.351 e. The van der Waals surface area contributed by atoms with Crippen molar-refractivity contribution in [3.8, 4) is 0 Å². The summed E-state index contributed by atoms with van der Waals surface area (Å²) >= 11 is 0. The molecular formula is C14H18N4. The van der Waals surface area contributed by atoms with Gasteiger partial charge >= 0.3 is 0 Å². The molecule has 3 rings (SSSR count). The number of nitrogens with two attached hydrogens (primary N) is 1. The normalized spacial score (nSPS) is 20.3. The number of anilines is 1. The molecule has 94 valence electrons. The number of nitrogens with zero attached hydrogens (tertiary/aromatic N) is 3. The highest BCUT2D eigenvalue weighted by atomic mass is 15.2. The van der Waals surface area contributed by atoms with Crippen LogP contribution in [0.25, 0.3) is 11.0 Å². The number of fused-ring (bicyclic) bond motifs is 1. The molecule has 4 nitrogen and oxygen atoms in total. The Morgan fingerprint density at radius 2 is 2.06 bits per heavy atom. The molecule has 0 bridgehead atoms. The summed E-state index contributed by atoms with van der Waals surface area (Å²) in [6.07, 6.45) is 5.51. The number of hydrogen-bond acceptors (Lipinski definition) is 4. The van der Waals surface area contributed by atoms with Crippen molar-refractivity contribution in [2.45, 2.75) is 25.3 Å². The second-order valence-corrected chi connectivity index (χ2v) is 4.80. The summed E-state index contributed by atoms with van der Waals surface area (Å²) in [7, 11) is 0. The van der Waals surface area contributed by atoms with Gasteiger partial charge in [-0.05, 0) is 31.4 Å². The van der Waals surface area contributed by atoms with Crippen LogP contribution in [0.4, 0.5) is 5.82 Å². The molecule has 2 heterocycles. The van der Waals surface area contributed by atoms with E-state index in [0.717, 1.165) is 29.8 Å².